The average Bonchev–Trinajstić information content (AvgIpc) is 2.14. The first-order chi connectivity index (χ1) is 6.86. The lowest BCUT2D eigenvalue weighted by molar-refractivity contribution is -0.150. The van der Waals surface area contributed by atoms with Crippen LogP contribution in [0, 0.1) is 17.8 Å². The van der Waals surface area contributed by atoms with Crippen LogP contribution in [-0.2, 0) is 14.4 Å². The van der Waals surface area contributed by atoms with Gasteiger partial charge in [-0.2, -0.15) is 0 Å². The lowest BCUT2D eigenvalue weighted by atomic mass is 9.96. The molecule has 1 amide bonds. The standard InChI is InChI=1S/C10H19NO4/c1-6(2)5-15-11-9(12)7(3)8(4)10(13)14/h6-8H,5H2,1-4H3,(H,11,12)(H,13,14). The quantitative estimate of drug-likeness (QED) is 0.652. The Labute approximate surface area is 89.8 Å². The van der Waals surface area contributed by atoms with Gasteiger partial charge in [-0.05, 0) is 5.92 Å². The van der Waals surface area contributed by atoms with E-state index in [1.807, 2.05) is 13.8 Å². The lowest BCUT2D eigenvalue weighted by Gasteiger charge is -2.15. The van der Waals surface area contributed by atoms with Gasteiger partial charge in [0.15, 0.2) is 0 Å². The van der Waals surface area contributed by atoms with Gasteiger partial charge in [-0.15, -0.1) is 0 Å². The summed E-state index contributed by atoms with van der Waals surface area (Å²) in [6, 6.07) is 0. The van der Waals surface area contributed by atoms with Gasteiger partial charge in [0.1, 0.15) is 0 Å². The highest BCUT2D eigenvalue weighted by molar-refractivity contribution is 5.83. The van der Waals surface area contributed by atoms with E-state index in [0.717, 1.165) is 0 Å². The molecular weight excluding hydrogens is 198 g/mol. The first kappa shape index (κ1) is 13.9. The van der Waals surface area contributed by atoms with E-state index in [4.69, 9.17) is 9.94 Å². The highest BCUT2D eigenvalue weighted by Crippen LogP contribution is 2.10. The van der Waals surface area contributed by atoms with Crippen molar-refractivity contribution >= 4 is 11.9 Å². The van der Waals surface area contributed by atoms with Crippen LogP contribution in [0.2, 0.25) is 0 Å². The lowest BCUT2D eigenvalue weighted by Crippen LogP contribution is -2.35. The third kappa shape index (κ3) is 5.37. The smallest absolute Gasteiger partial charge is 0.307 e. The molecule has 0 aromatic heterocycles. The zero-order valence-corrected chi connectivity index (χ0v) is 9.61. The van der Waals surface area contributed by atoms with Gasteiger partial charge < -0.3 is 5.11 Å². The fourth-order valence-electron chi connectivity index (χ4n) is 0.813. The molecule has 2 N–H and O–H groups in total. The summed E-state index contributed by atoms with van der Waals surface area (Å²) < 4.78 is 0. The van der Waals surface area contributed by atoms with Crippen molar-refractivity contribution in [2.24, 2.45) is 17.8 Å². The van der Waals surface area contributed by atoms with Crippen LogP contribution in [-0.4, -0.2) is 23.6 Å². The summed E-state index contributed by atoms with van der Waals surface area (Å²) in [4.78, 5) is 26.9. The molecular formula is C10H19NO4. The molecule has 0 aliphatic carbocycles. The van der Waals surface area contributed by atoms with Crippen molar-refractivity contribution in [3.05, 3.63) is 0 Å². The van der Waals surface area contributed by atoms with Crippen LogP contribution in [0.1, 0.15) is 27.7 Å². The van der Waals surface area contributed by atoms with Crippen LogP contribution in [0.15, 0.2) is 0 Å². The zero-order chi connectivity index (χ0) is 12.0. The van der Waals surface area contributed by atoms with Gasteiger partial charge in [0.05, 0.1) is 18.4 Å². The Morgan fingerprint density at radius 3 is 2.13 bits per heavy atom. The minimum atomic E-state index is -0.985. The van der Waals surface area contributed by atoms with Crippen molar-refractivity contribution in [3.63, 3.8) is 0 Å². The Balaban J connectivity index is 3.94. The van der Waals surface area contributed by atoms with Crippen molar-refractivity contribution in [1.29, 1.82) is 0 Å². The number of hydroxylamine groups is 1. The summed E-state index contributed by atoms with van der Waals surface area (Å²) in [5.74, 6) is -2.38. The summed E-state index contributed by atoms with van der Waals surface area (Å²) >= 11 is 0. The van der Waals surface area contributed by atoms with Crippen molar-refractivity contribution < 1.29 is 19.5 Å². The molecule has 0 fully saturated rings. The second-order valence-electron chi connectivity index (χ2n) is 4.09. The monoisotopic (exact) mass is 217 g/mol. The largest absolute Gasteiger partial charge is 0.481 e. The van der Waals surface area contributed by atoms with Crippen molar-refractivity contribution in [3.8, 4) is 0 Å². The van der Waals surface area contributed by atoms with Crippen LogP contribution in [0.4, 0.5) is 0 Å². The maximum absolute atomic E-state index is 11.4. The minimum absolute atomic E-state index is 0.317. The van der Waals surface area contributed by atoms with E-state index in [1.54, 1.807) is 6.92 Å². The van der Waals surface area contributed by atoms with Crippen LogP contribution >= 0.6 is 0 Å². The van der Waals surface area contributed by atoms with E-state index in [9.17, 15) is 9.59 Å². The molecule has 2 unspecified atom stereocenters. The Morgan fingerprint density at radius 1 is 1.20 bits per heavy atom. The number of hydrogen-bond acceptors (Lipinski definition) is 3. The number of carbonyl (C=O) groups is 2. The molecule has 0 radical (unpaired) electrons. The highest BCUT2D eigenvalue weighted by atomic mass is 16.6. The van der Waals surface area contributed by atoms with E-state index in [1.165, 1.54) is 6.92 Å². The number of carboxylic acids is 1. The Hall–Kier alpha value is -1.10. The van der Waals surface area contributed by atoms with Crippen LogP contribution < -0.4 is 5.48 Å². The average molecular weight is 217 g/mol. The Morgan fingerprint density at radius 2 is 1.73 bits per heavy atom. The molecule has 2 atom stereocenters. The van der Waals surface area contributed by atoms with Crippen LogP contribution in [0.25, 0.3) is 0 Å². The SMILES string of the molecule is CC(C)CONC(=O)C(C)C(C)C(=O)O. The first-order valence-corrected chi connectivity index (χ1v) is 5.00. The molecule has 0 saturated carbocycles. The number of rotatable bonds is 6. The maximum Gasteiger partial charge on any atom is 0.307 e. The number of aliphatic carboxylic acids is 1. The van der Waals surface area contributed by atoms with E-state index >= 15 is 0 Å². The van der Waals surface area contributed by atoms with E-state index in [-0.39, 0.29) is 0 Å². The van der Waals surface area contributed by atoms with Crippen LogP contribution in [0.5, 0.6) is 0 Å². The molecule has 15 heavy (non-hydrogen) atoms. The molecule has 0 bridgehead atoms. The highest BCUT2D eigenvalue weighted by Gasteiger charge is 2.25. The third-order valence-corrected chi connectivity index (χ3v) is 2.14. The van der Waals surface area contributed by atoms with Crippen molar-refractivity contribution in [1.82, 2.24) is 5.48 Å². The molecule has 0 aliphatic heterocycles. The van der Waals surface area contributed by atoms with E-state index < -0.39 is 23.7 Å². The molecule has 0 spiro atoms. The van der Waals surface area contributed by atoms with Gasteiger partial charge >= 0.3 is 5.97 Å². The second kappa shape index (κ2) is 6.40. The maximum atomic E-state index is 11.4. The molecule has 0 rings (SSSR count). The van der Waals surface area contributed by atoms with E-state index in [0.29, 0.717) is 12.5 Å². The summed E-state index contributed by atoms with van der Waals surface area (Å²) in [6.07, 6.45) is 0. The number of nitrogens with one attached hydrogen (secondary N) is 1. The Kier molecular flexibility index (Phi) is 5.93. The van der Waals surface area contributed by atoms with Gasteiger partial charge in [0.2, 0.25) is 5.91 Å². The zero-order valence-electron chi connectivity index (χ0n) is 9.61. The number of carbonyl (C=O) groups excluding carboxylic acids is 1. The summed E-state index contributed by atoms with van der Waals surface area (Å²) in [7, 11) is 0. The summed E-state index contributed by atoms with van der Waals surface area (Å²) in [6.45, 7) is 7.38. The molecule has 0 aromatic rings. The Bertz CT molecular complexity index is 227. The molecule has 5 nitrogen and oxygen atoms in total. The van der Waals surface area contributed by atoms with E-state index in [2.05, 4.69) is 5.48 Å². The number of carboxylic acid groups (broad SMARTS) is 1. The predicted octanol–water partition coefficient (Wildman–Crippen LogP) is 1.05. The summed E-state index contributed by atoms with van der Waals surface area (Å²) in [5.41, 5.74) is 2.25. The first-order valence-electron chi connectivity index (χ1n) is 5.00. The van der Waals surface area contributed by atoms with Gasteiger partial charge in [-0.1, -0.05) is 27.7 Å². The second-order valence-corrected chi connectivity index (χ2v) is 4.09. The molecule has 0 heterocycles. The normalized spacial score (nSPS) is 14.7. The van der Waals surface area contributed by atoms with Gasteiger partial charge in [-0.3, -0.25) is 14.4 Å². The van der Waals surface area contributed by atoms with Gasteiger partial charge in [0, 0.05) is 0 Å². The number of hydrogen-bond donors (Lipinski definition) is 2. The van der Waals surface area contributed by atoms with Crippen LogP contribution in [0.3, 0.4) is 0 Å². The molecule has 88 valence electrons. The predicted molar refractivity (Wildman–Crippen MR) is 54.9 cm³/mol. The molecule has 0 aromatic carbocycles. The molecule has 0 aliphatic rings. The van der Waals surface area contributed by atoms with Crippen molar-refractivity contribution in [2.45, 2.75) is 27.7 Å². The third-order valence-electron chi connectivity index (χ3n) is 2.14. The van der Waals surface area contributed by atoms with Crippen molar-refractivity contribution in [2.75, 3.05) is 6.61 Å². The fraction of sp³-hybridized carbons (Fsp3) is 0.800. The molecule has 0 saturated heterocycles. The molecule has 5 heteroatoms. The topological polar surface area (TPSA) is 75.6 Å². The minimum Gasteiger partial charge on any atom is -0.481 e. The van der Waals surface area contributed by atoms with Gasteiger partial charge in [0.25, 0.3) is 0 Å². The summed E-state index contributed by atoms with van der Waals surface area (Å²) in [5, 5.41) is 8.69. The van der Waals surface area contributed by atoms with Gasteiger partial charge in [-0.25, -0.2) is 5.48 Å². The fourth-order valence-corrected chi connectivity index (χ4v) is 0.813. The number of amides is 1.